The number of halogens is 1. The average Bonchev–Trinajstić information content (AvgIpc) is 3.56. The lowest BCUT2D eigenvalue weighted by Crippen LogP contribution is -2.55. The molecule has 0 bridgehead atoms. The number of fused-ring (bicyclic) bond motifs is 2. The SMILES string of the molecule is C=CC(=O)N1CCN(c2c(C(=O)NC)c(=O)n(-c3c(C)ccnc3C(C)C)c3nc(-c4c(C)ccc5[nH]ncc45)c(F)cc23)C[C@@H]1CC#N. The van der Waals surface area contributed by atoms with Crippen molar-refractivity contribution in [2.75, 3.05) is 31.6 Å². The fourth-order valence-corrected chi connectivity index (χ4v) is 6.78. The van der Waals surface area contributed by atoms with Gasteiger partial charge >= 0.3 is 0 Å². The van der Waals surface area contributed by atoms with Crippen molar-refractivity contribution in [2.45, 2.75) is 46.1 Å². The van der Waals surface area contributed by atoms with E-state index in [4.69, 9.17) is 4.98 Å². The first-order valence-electron chi connectivity index (χ1n) is 16.0. The standard InChI is InChI=1S/C36H36FN9O3/c1-7-27(47)45-15-14-44(18-22(45)10-12-38)33-23-16-25(37)31(28-20(4)8-9-26-24(28)17-41-43-26)42-34(23)46(36(49)29(33)35(48)39-6)32-21(5)11-13-40-30(32)19(2)3/h7-9,11,13,16-17,19,22H,1,10,14-15,18H2,2-6H3,(H,39,48)(H,41,43)/t22-/m0/s1. The number of carbonyl (C=O) groups is 2. The van der Waals surface area contributed by atoms with Gasteiger partial charge in [-0.15, -0.1) is 0 Å². The summed E-state index contributed by atoms with van der Waals surface area (Å²) in [6.07, 6.45) is 4.46. The predicted molar refractivity (Wildman–Crippen MR) is 185 cm³/mol. The molecule has 1 aromatic carbocycles. The van der Waals surface area contributed by atoms with Gasteiger partial charge in [0.05, 0.1) is 47.3 Å². The maximum atomic E-state index is 16.7. The maximum absolute atomic E-state index is 16.7. The van der Waals surface area contributed by atoms with Gasteiger partial charge in [-0.2, -0.15) is 10.4 Å². The summed E-state index contributed by atoms with van der Waals surface area (Å²) >= 11 is 0. The lowest BCUT2D eigenvalue weighted by atomic mass is 9.98. The summed E-state index contributed by atoms with van der Waals surface area (Å²) in [6, 6.07) is 8.34. The van der Waals surface area contributed by atoms with Crippen LogP contribution in [-0.4, -0.2) is 74.2 Å². The van der Waals surface area contributed by atoms with Crippen LogP contribution in [0.25, 0.3) is 38.9 Å². The number of nitrogens with zero attached hydrogens (tertiary/aromatic N) is 7. The molecule has 1 atom stereocenters. The number of pyridine rings is 3. The minimum Gasteiger partial charge on any atom is -0.366 e. The number of H-pyrrole nitrogens is 1. The average molecular weight is 662 g/mol. The minimum absolute atomic E-state index is 0.00223. The molecule has 4 aromatic heterocycles. The van der Waals surface area contributed by atoms with Crippen molar-refractivity contribution in [1.29, 1.82) is 5.26 Å². The molecule has 5 aromatic rings. The van der Waals surface area contributed by atoms with Gasteiger partial charge in [-0.3, -0.25) is 29.0 Å². The Morgan fingerprint density at radius 1 is 1.18 bits per heavy atom. The Morgan fingerprint density at radius 2 is 1.96 bits per heavy atom. The monoisotopic (exact) mass is 661 g/mol. The number of nitriles is 1. The topological polar surface area (TPSA) is 153 Å². The first-order valence-corrected chi connectivity index (χ1v) is 16.0. The van der Waals surface area contributed by atoms with E-state index in [1.165, 1.54) is 23.8 Å². The number of aromatic amines is 1. The van der Waals surface area contributed by atoms with Crippen molar-refractivity contribution in [1.82, 2.24) is 34.9 Å². The fourth-order valence-electron chi connectivity index (χ4n) is 6.78. The molecule has 1 fully saturated rings. The van der Waals surface area contributed by atoms with Crippen LogP contribution in [0.5, 0.6) is 0 Å². The number of hydrogen-bond donors (Lipinski definition) is 2. The van der Waals surface area contributed by atoms with Gasteiger partial charge in [-0.1, -0.05) is 26.5 Å². The lowest BCUT2D eigenvalue weighted by Gasteiger charge is -2.42. The molecule has 12 nitrogen and oxygen atoms in total. The third-order valence-electron chi connectivity index (χ3n) is 9.11. The number of hydrogen-bond acceptors (Lipinski definition) is 8. The summed E-state index contributed by atoms with van der Waals surface area (Å²) in [5.41, 5.74) is 3.16. The highest BCUT2D eigenvalue weighted by Crippen LogP contribution is 2.38. The van der Waals surface area contributed by atoms with E-state index < -0.39 is 23.3 Å². The third-order valence-corrected chi connectivity index (χ3v) is 9.11. The molecule has 1 aliphatic rings. The number of aromatic nitrogens is 5. The van der Waals surface area contributed by atoms with Crippen molar-refractivity contribution in [2.24, 2.45) is 0 Å². The van der Waals surface area contributed by atoms with Gasteiger partial charge < -0.3 is 15.1 Å². The van der Waals surface area contributed by atoms with Crippen molar-refractivity contribution in [3.8, 4) is 23.0 Å². The van der Waals surface area contributed by atoms with Gasteiger partial charge in [0.2, 0.25) is 5.91 Å². The third kappa shape index (κ3) is 5.48. The second-order valence-corrected chi connectivity index (χ2v) is 12.4. The Morgan fingerprint density at radius 3 is 2.65 bits per heavy atom. The lowest BCUT2D eigenvalue weighted by molar-refractivity contribution is -0.128. The zero-order chi connectivity index (χ0) is 35.1. The van der Waals surface area contributed by atoms with Crippen molar-refractivity contribution >= 4 is 39.4 Å². The second-order valence-electron chi connectivity index (χ2n) is 12.4. The number of rotatable bonds is 7. The number of carbonyl (C=O) groups excluding carboxylic acids is 2. The van der Waals surface area contributed by atoms with E-state index in [9.17, 15) is 19.6 Å². The van der Waals surface area contributed by atoms with Crippen LogP contribution in [0.4, 0.5) is 10.1 Å². The molecule has 49 heavy (non-hydrogen) atoms. The zero-order valence-corrected chi connectivity index (χ0v) is 28.0. The highest BCUT2D eigenvalue weighted by Gasteiger charge is 2.35. The Kier molecular flexibility index (Phi) is 8.73. The van der Waals surface area contributed by atoms with Crippen LogP contribution in [0.2, 0.25) is 0 Å². The zero-order valence-electron chi connectivity index (χ0n) is 28.0. The summed E-state index contributed by atoms with van der Waals surface area (Å²) in [5.74, 6) is -1.79. The van der Waals surface area contributed by atoms with Crippen LogP contribution in [0.15, 0.2) is 54.1 Å². The van der Waals surface area contributed by atoms with Gasteiger partial charge in [0.25, 0.3) is 11.5 Å². The summed E-state index contributed by atoms with van der Waals surface area (Å²) in [7, 11) is 1.42. The van der Waals surface area contributed by atoms with Crippen LogP contribution in [0, 0.1) is 31.0 Å². The number of aryl methyl sites for hydroxylation is 2. The number of benzene rings is 1. The highest BCUT2D eigenvalue weighted by atomic mass is 19.1. The van der Waals surface area contributed by atoms with Crippen molar-refractivity contribution in [3.63, 3.8) is 0 Å². The van der Waals surface area contributed by atoms with Crippen molar-refractivity contribution in [3.05, 3.63) is 87.9 Å². The molecule has 250 valence electrons. The molecular formula is C36H36FN9O3. The van der Waals surface area contributed by atoms with Crippen LogP contribution in [-0.2, 0) is 4.79 Å². The van der Waals surface area contributed by atoms with Gasteiger partial charge in [0.1, 0.15) is 17.1 Å². The first kappa shape index (κ1) is 33.0. The van der Waals surface area contributed by atoms with Crippen LogP contribution < -0.4 is 15.8 Å². The first-order chi connectivity index (χ1) is 23.5. The van der Waals surface area contributed by atoms with E-state index in [1.54, 1.807) is 28.3 Å². The largest absolute Gasteiger partial charge is 0.366 e. The van der Waals surface area contributed by atoms with Gasteiger partial charge in [-0.05, 0) is 55.2 Å². The van der Waals surface area contributed by atoms with E-state index in [0.29, 0.717) is 33.4 Å². The predicted octanol–water partition coefficient (Wildman–Crippen LogP) is 4.68. The quantitative estimate of drug-likeness (QED) is 0.239. The van der Waals surface area contributed by atoms with E-state index in [2.05, 4.69) is 33.1 Å². The molecule has 0 aliphatic carbocycles. The highest BCUT2D eigenvalue weighted by molar-refractivity contribution is 6.08. The Labute approximate surface area is 281 Å². The summed E-state index contributed by atoms with van der Waals surface area (Å²) in [6.45, 7) is 11.7. The van der Waals surface area contributed by atoms with Crippen LogP contribution >= 0.6 is 0 Å². The van der Waals surface area contributed by atoms with Gasteiger partial charge in [0.15, 0.2) is 5.65 Å². The van der Waals surface area contributed by atoms with E-state index in [1.807, 2.05) is 39.8 Å². The van der Waals surface area contributed by atoms with E-state index >= 15 is 4.39 Å². The molecule has 0 unspecified atom stereocenters. The molecule has 13 heteroatoms. The molecule has 1 aliphatic heterocycles. The van der Waals surface area contributed by atoms with Crippen LogP contribution in [0.1, 0.15) is 53.4 Å². The molecule has 0 radical (unpaired) electrons. The number of anilines is 1. The van der Waals surface area contributed by atoms with Crippen LogP contribution in [0.3, 0.4) is 0 Å². The fraction of sp³-hybridized carbons (Fsp3) is 0.306. The van der Waals surface area contributed by atoms with E-state index in [-0.39, 0.29) is 65.9 Å². The second kappa shape index (κ2) is 13.0. The van der Waals surface area contributed by atoms with Gasteiger partial charge in [0, 0.05) is 49.2 Å². The molecule has 0 saturated carbocycles. The van der Waals surface area contributed by atoms with E-state index in [0.717, 1.165) is 5.56 Å². The molecule has 1 saturated heterocycles. The number of piperazine rings is 1. The number of nitrogens with one attached hydrogen (secondary N) is 2. The van der Waals surface area contributed by atoms with Gasteiger partial charge in [-0.25, -0.2) is 9.37 Å². The number of amides is 2. The minimum atomic E-state index is -0.673. The molecule has 2 N–H and O–H groups in total. The Balaban J connectivity index is 1.76. The summed E-state index contributed by atoms with van der Waals surface area (Å²) in [5, 5.41) is 20.2. The Bertz CT molecular complexity index is 2270. The normalized spacial score (nSPS) is 14.8. The maximum Gasteiger partial charge on any atom is 0.271 e. The van der Waals surface area contributed by atoms with Crippen molar-refractivity contribution < 1.29 is 14.0 Å². The Hall–Kier alpha value is -5.90. The molecular weight excluding hydrogens is 625 g/mol. The molecule has 0 spiro atoms. The molecule has 5 heterocycles. The molecule has 6 rings (SSSR count). The smallest absolute Gasteiger partial charge is 0.271 e. The summed E-state index contributed by atoms with van der Waals surface area (Å²) < 4.78 is 18.1. The summed E-state index contributed by atoms with van der Waals surface area (Å²) in [4.78, 5) is 54.3. The molecule has 2 amide bonds.